The number of nitrogens with zero attached hydrogens (tertiary/aromatic N) is 1. The molecule has 0 amide bonds. The number of rotatable bonds is 5. The monoisotopic (exact) mass is 197 g/mol. The Labute approximate surface area is 84.1 Å². The van der Waals surface area contributed by atoms with Gasteiger partial charge in [-0.3, -0.25) is 4.79 Å². The van der Waals surface area contributed by atoms with Gasteiger partial charge >= 0.3 is 5.97 Å². The van der Waals surface area contributed by atoms with E-state index in [-0.39, 0.29) is 6.61 Å². The maximum Gasteiger partial charge on any atom is 0.307 e. The molecule has 0 aliphatic rings. The first-order chi connectivity index (χ1) is 6.56. The van der Waals surface area contributed by atoms with E-state index >= 15 is 0 Å². The first-order valence-electron chi connectivity index (χ1n) is 4.40. The van der Waals surface area contributed by atoms with E-state index in [9.17, 15) is 4.79 Å². The Morgan fingerprint density at radius 1 is 1.57 bits per heavy atom. The Kier molecular flexibility index (Phi) is 6.42. The molecule has 78 valence electrons. The van der Waals surface area contributed by atoms with Gasteiger partial charge in [0.15, 0.2) is 0 Å². The second kappa shape index (κ2) is 7.10. The number of esters is 1. The second-order valence-electron chi connectivity index (χ2n) is 3.27. The molecule has 4 nitrogen and oxygen atoms in total. The van der Waals surface area contributed by atoms with E-state index in [2.05, 4.69) is 4.74 Å². The molecular formula is C10H15NO3. The van der Waals surface area contributed by atoms with Crippen LogP contribution in [0.15, 0.2) is 11.8 Å². The summed E-state index contributed by atoms with van der Waals surface area (Å²) in [5.41, 5.74) is 0.306. The van der Waals surface area contributed by atoms with Crippen molar-refractivity contribution in [3.8, 4) is 6.07 Å². The highest BCUT2D eigenvalue weighted by molar-refractivity contribution is 5.66. The molecule has 0 fully saturated rings. The van der Waals surface area contributed by atoms with Crippen LogP contribution >= 0.6 is 0 Å². The number of carbonyl (C=O) groups excluding carboxylic acids is 1. The molecule has 14 heavy (non-hydrogen) atoms. The number of hydrogen-bond acceptors (Lipinski definition) is 4. The van der Waals surface area contributed by atoms with Gasteiger partial charge in [0.2, 0.25) is 0 Å². The molecule has 4 heteroatoms. The summed E-state index contributed by atoms with van der Waals surface area (Å²) in [6.07, 6.45) is 1.13. The highest BCUT2D eigenvalue weighted by Gasteiger charge is 1.99. The molecular weight excluding hydrogens is 182 g/mol. The number of hydrogen-bond donors (Lipinski definition) is 0. The lowest BCUT2D eigenvalue weighted by atomic mass is 10.2. The highest BCUT2D eigenvalue weighted by Crippen LogP contribution is 1.98. The Morgan fingerprint density at radius 2 is 2.21 bits per heavy atom. The summed E-state index contributed by atoms with van der Waals surface area (Å²) in [6.45, 7) is 6.07. The Bertz CT molecular complexity index is 251. The van der Waals surface area contributed by atoms with E-state index in [0.717, 1.165) is 6.26 Å². The fourth-order valence-electron chi connectivity index (χ4n) is 0.651. The summed E-state index contributed by atoms with van der Waals surface area (Å²) in [5.74, 6) is -0.0229. The maximum absolute atomic E-state index is 10.4. The van der Waals surface area contributed by atoms with Crippen LogP contribution in [0.25, 0.3) is 0 Å². The number of carbonyl (C=O) groups is 1. The van der Waals surface area contributed by atoms with E-state index in [4.69, 9.17) is 10.00 Å². The molecule has 0 saturated heterocycles. The predicted molar refractivity (Wildman–Crippen MR) is 51.1 cm³/mol. The third-order valence-corrected chi connectivity index (χ3v) is 1.22. The van der Waals surface area contributed by atoms with Crippen LogP contribution in [0.1, 0.15) is 20.8 Å². The van der Waals surface area contributed by atoms with Crippen LogP contribution in [-0.4, -0.2) is 19.2 Å². The molecule has 0 aromatic heterocycles. The van der Waals surface area contributed by atoms with Crippen LogP contribution in [0.3, 0.4) is 0 Å². The van der Waals surface area contributed by atoms with Crippen molar-refractivity contribution >= 4 is 5.97 Å². The Hall–Kier alpha value is -1.34. The molecule has 0 saturated carbocycles. The number of nitriles is 1. The third kappa shape index (κ3) is 7.32. The zero-order valence-corrected chi connectivity index (χ0v) is 8.74. The van der Waals surface area contributed by atoms with Crippen molar-refractivity contribution in [3.63, 3.8) is 0 Å². The lowest BCUT2D eigenvalue weighted by Crippen LogP contribution is -2.05. The van der Waals surface area contributed by atoms with Gasteiger partial charge < -0.3 is 9.47 Å². The van der Waals surface area contributed by atoms with E-state index in [1.54, 1.807) is 0 Å². The first-order valence-corrected chi connectivity index (χ1v) is 4.40. The van der Waals surface area contributed by atoms with Gasteiger partial charge in [-0.05, 0) is 5.92 Å². The van der Waals surface area contributed by atoms with Crippen molar-refractivity contribution in [2.75, 3.05) is 13.2 Å². The SMILES string of the molecule is CC(=O)O/C=C(\C#N)COCC(C)C. The molecule has 0 N–H and O–H groups in total. The standard InChI is InChI=1S/C10H15NO3/c1-8(2)5-13-6-10(4-11)7-14-9(3)12/h7-8H,5-6H2,1-3H3/b10-7+. The molecule has 0 unspecified atom stereocenters. The average Bonchev–Trinajstić information content (AvgIpc) is 2.10. The largest absolute Gasteiger partial charge is 0.434 e. The van der Waals surface area contributed by atoms with Crippen LogP contribution < -0.4 is 0 Å². The average molecular weight is 197 g/mol. The van der Waals surface area contributed by atoms with Crippen molar-refractivity contribution in [1.29, 1.82) is 5.26 Å². The minimum atomic E-state index is -0.443. The molecule has 0 aromatic rings. The maximum atomic E-state index is 10.4. The molecule has 0 aliphatic carbocycles. The van der Waals surface area contributed by atoms with Crippen molar-refractivity contribution in [2.45, 2.75) is 20.8 Å². The smallest absolute Gasteiger partial charge is 0.307 e. The molecule has 0 atom stereocenters. The van der Waals surface area contributed by atoms with Gasteiger partial charge in [-0.25, -0.2) is 0 Å². The van der Waals surface area contributed by atoms with Crippen molar-refractivity contribution in [3.05, 3.63) is 11.8 Å². The van der Waals surface area contributed by atoms with Crippen molar-refractivity contribution < 1.29 is 14.3 Å². The highest BCUT2D eigenvalue weighted by atomic mass is 16.5. The first kappa shape index (κ1) is 12.7. The summed E-state index contributed by atoms with van der Waals surface area (Å²) >= 11 is 0. The van der Waals surface area contributed by atoms with Gasteiger partial charge in [0.05, 0.1) is 12.2 Å². The zero-order valence-electron chi connectivity index (χ0n) is 8.74. The van der Waals surface area contributed by atoms with Crippen molar-refractivity contribution in [2.24, 2.45) is 5.92 Å². The van der Waals surface area contributed by atoms with Crippen molar-refractivity contribution in [1.82, 2.24) is 0 Å². The van der Waals surface area contributed by atoms with Gasteiger partial charge in [0.1, 0.15) is 12.3 Å². The van der Waals surface area contributed by atoms with E-state index in [0.29, 0.717) is 18.1 Å². The fourth-order valence-corrected chi connectivity index (χ4v) is 0.651. The van der Waals surface area contributed by atoms with Crippen LogP contribution in [0.2, 0.25) is 0 Å². The molecule has 0 bridgehead atoms. The van der Waals surface area contributed by atoms with Crippen LogP contribution in [0.5, 0.6) is 0 Å². The molecule has 0 aliphatic heterocycles. The van der Waals surface area contributed by atoms with Crippen LogP contribution in [0, 0.1) is 17.2 Å². The summed E-state index contributed by atoms with van der Waals surface area (Å²) in [5, 5.41) is 8.61. The minimum Gasteiger partial charge on any atom is -0.434 e. The zero-order chi connectivity index (χ0) is 11.0. The van der Waals surface area contributed by atoms with Gasteiger partial charge in [0, 0.05) is 13.5 Å². The van der Waals surface area contributed by atoms with E-state index < -0.39 is 5.97 Å². The minimum absolute atomic E-state index is 0.182. The molecule has 0 aromatic carbocycles. The van der Waals surface area contributed by atoms with Gasteiger partial charge in [0.25, 0.3) is 0 Å². The molecule has 0 spiro atoms. The lowest BCUT2D eigenvalue weighted by molar-refractivity contribution is -0.135. The second-order valence-corrected chi connectivity index (χ2v) is 3.27. The topological polar surface area (TPSA) is 59.3 Å². The molecule has 0 rings (SSSR count). The Morgan fingerprint density at radius 3 is 2.64 bits per heavy atom. The Balaban J connectivity index is 3.86. The third-order valence-electron chi connectivity index (χ3n) is 1.22. The van der Waals surface area contributed by atoms with Gasteiger partial charge in [-0.1, -0.05) is 13.8 Å². The van der Waals surface area contributed by atoms with Gasteiger partial charge in [-0.15, -0.1) is 0 Å². The van der Waals surface area contributed by atoms with E-state index in [1.807, 2.05) is 19.9 Å². The normalized spacial score (nSPS) is 11.2. The number of ether oxygens (including phenoxy) is 2. The van der Waals surface area contributed by atoms with Crippen LogP contribution in [-0.2, 0) is 14.3 Å². The van der Waals surface area contributed by atoms with Gasteiger partial charge in [-0.2, -0.15) is 5.26 Å². The summed E-state index contributed by atoms with van der Waals surface area (Å²) < 4.78 is 9.75. The summed E-state index contributed by atoms with van der Waals surface area (Å²) in [4.78, 5) is 10.4. The quantitative estimate of drug-likeness (QED) is 0.382. The van der Waals surface area contributed by atoms with Crippen LogP contribution in [0.4, 0.5) is 0 Å². The fraction of sp³-hybridized carbons (Fsp3) is 0.600. The summed E-state index contributed by atoms with van der Waals surface area (Å²) in [7, 11) is 0. The molecule has 0 heterocycles. The molecule has 0 radical (unpaired) electrons. The lowest BCUT2D eigenvalue weighted by Gasteiger charge is -2.05. The predicted octanol–water partition coefficient (Wildman–Crippen LogP) is 1.63. The van der Waals surface area contributed by atoms with E-state index in [1.165, 1.54) is 6.92 Å². The summed E-state index contributed by atoms with van der Waals surface area (Å²) in [6, 6.07) is 1.89.